The van der Waals surface area contributed by atoms with Crippen molar-refractivity contribution in [3.63, 3.8) is 0 Å². The zero-order valence-corrected chi connectivity index (χ0v) is 12.7. The van der Waals surface area contributed by atoms with Gasteiger partial charge in [-0.15, -0.1) is 0 Å². The first kappa shape index (κ1) is 12.5. The number of hydrogen-bond donors (Lipinski definition) is 0. The molecule has 0 atom stereocenters. The summed E-state index contributed by atoms with van der Waals surface area (Å²) >= 11 is 6.71. The smallest absolute Gasteiger partial charge is 0.265 e. The van der Waals surface area contributed by atoms with Crippen molar-refractivity contribution in [1.29, 1.82) is 0 Å². The molecule has 90 valence electrons. The molecule has 0 fully saturated rings. The highest BCUT2D eigenvalue weighted by Gasteiger charge is 2.21. The minimum atomic E-state index is -0.205. The first-order valence-corrected chi connectivity index (χ1v) is 6.46. The first-order chi connectivity index (χ1) is 7.93. The van der Waals surface area contributed by atoms with E-state index in [1.807, 2.05) is 13.8 Å². The Labute approximate surface area is 115 Å². The van der Waals surface area contributed by atoms with Gasteiger partial charge in [0.2, 0.25) is 0 Å². The van der Waals surface area contributed by atoms with E-state index in [9.17, 15) is 4.79 Å². The lowest BCUT2D eigenvalue weighted by Crippen LogP contribution is -2.19. The van der Waals surface area contributed by atoms with E-state index >= 15 is 0 Å². The number of carbonyl (C=O) groups excluding carboxylic acids is 1. The van der Waals surface area contributed by atoms with Gasteiger partial charge in [0.15, 0.2) is 0 Å². The van der Waals surface area contributed by atoms with Gasteiger partial charge >= 0.3 is 0 Å². The van der Waals surface area contributed by atoms with Gasteiger partial charge in [-0.2, -0.15) is 14.9 Å². The summed E-state index contributed by atoms with van der Waals surface area (Å²) in [6.45, 7) is 3.69. The van der Waals surface area contributed by atoms with Crippen LogP contribution in [-0.2, 0) is 7.05 Å². The largest absolute Gasteiger partial charge is 0.297 e. The average molecular weight is 362 g/mol. The monoisotopic (exact) mass is 360 g/mol. The molecule has 0 aliphatic heterocycles. The maximum Gasteiger partial charge on any atom is 0.297 e. The summed E-state index contributed by atoms with van der Waals surface area (Å²) in [5, 5.41) is 8.22. The van der Waals surface area contributed by atoms with Crippen molar-refractivity contribution in [1.82, 2.24) is 19.6 Å². The molecule has 0 unspecified atom stereocenters. The Kier molecular flexibility index (Phi) is 3.22. The second-order valence-electron chi connectivity index (χ2n) is 3.67. The molecule has 0 bridgehead atoms. The van der Waals surface area contributed by atoms with Crippen LogP contribution in [0, 0.1) is 13.8 Å². The number of aryl methyl sites for hydroxylation is 2. The van der Waals surface area contributed by atoms with Gasteiger partial charge in [0.25, 0.3) is 5.91 Å². The molecule has 0 aliphatic rings. The highest BCUT2D eigenvalue weighted by molar-refractivity contribution is 9.10. The van der Waals surface area contributed by atoms with Crippen LogP contribution in [0.4, 0.5) is 0 Å². The van der Waals surface area contributed by atoms with E-state index in [2.05, 4.69) is 42.1 Å². The summed E-state index contributed by atoms with van der Waals surface area (Å²) in [6, 6.07) is 0. The lowest BCUT2D eigenvalue weighted by atomic mass is 10.3. The van der Waals surface area contributed by atoms with Gasteiger partial charge in [0.1, 0.15) is 5.69 Å². The van der Waals surface area contributed by atoms with Crippen molar-refractivity contribution in [2.75, 3.05) is 0 Å². The lowest BCUT2D eigenvalue weighted by Gasteiger charge is -2.04. The van der Waals surface area contributed by atoms with Gasteiger partial charge in [-0.3, -0.25) is 9.48 Å². The van der Waals surface area contributed by atoms with Gasteiger partial charge < -0.3 is 0 Å². The molecular weight excluding hydrogens is 352 g/mol. The van der Waals surface area contributed by atoms with Crippen LogP contribution < -0.4 is 0 Å². The van der Waals surface area contributed by atoms with Gasteiger partial charge in [-0.05, 0) is 45.7 Å². The minimum absolute atomic E-state index is 0.205. The maximum absolute atomic E-state index is 12.3. The van der Waals surface area contributed by atoms with Crippen LogP contribution in [0.5, 0.6) is 0 Å². The molecule has 0 aromatic carbocycles. The second-order valence-corrected chi connectivity index (χ2v) is 5.31. The summed E-state index contributed by atoms with van der Waals surface area (Å²) in [6.07, 6.45) is 1.59. The number of hydrogen-bond acceptors (Lipinski definition) is 3. The first-order valence-electron chi connectivity index (χ1n) is 4.87. The topological polar surface area (TPSA) is 52.7 Å². The quantitative estimate of drug-likeness (QED) is 0.783. The van der Waals surface area contributed by atoms with E-state index in [-0.39, 0.29) is 5.91 Å². The van der Waals surface area contributed by atoms with Crippen LogP contribution in [0.1, 0.15) is 21.9 Å². The van der Waals surface area contributed by atoms with Crippen molar-refractivity contribution in [2.45, 2.75) is 13.8 Å². The Morgan fingerprint density at radius 3 is 2.41 bits per heavy atom. The van der Waals surface area contributed by atoms with Crippen molar-refractivity contribution in [3.8, 4) is 0 Å². The predicted molar refractivity (Wildman–Crippen MR) is 70.0 cm³/mol. The Bertz CT molecular complexity index is 580. The second kappa shape index (κ2) is 4.38. The van der Waals surface area contributed by atoms with E-state index in [1.165, 1.54) is 9.36 Å². The van der Waals surface area contributed by atoms with Crippen LogP contribution >= 0.6 is 31.9 Å². The molecule has 5 nitrogen and oxygen atoms in total. The number of rotatable bonds is 1. The Morgan fingerprint density at radius 1 is 1.35 bits per heavy atom. The van der Waals surface area contributed by atoms with Gasteiger partial charge in [0.05, 0.1) is 26.5 Å². The summed E-state index contributed by atoms with van der Waals surface area (Å²) in [7, 11) is 1.72. The fraction of sp³-hybridized carbons (Fsp3) is 0.300. The summed E-state index contributed by atoms with van der Waals surface area (Å²) in [4.78, 5) is 12.3. The molecule has 0 saturated carbocycles. The minimum Gasteiger partial charge on any atom is -0.265 e. The molecule has 2 aromatic heterocycles. The fourth-order valence-electron chi connectivity index (χ4n) is 1.57. The SMILES string of the molecule is Cc1nn(C(=O)c2c(Br)cnn2C)c(C)c1Br. The zero-order valence-electron chi connectivity index (χ0n) is 9.53. The molecule has 2 heterocycles. The van der Waals surface area contributed by atoms with Crippen LogP contribution in [0.25, 0.3) is 0 Å². The van der Waals surface area contributed by atoms with Crippen molar-refractivity contribution in [3.05, 3.63) is 32.2 Å². The molecule has 2 rings (SSSR count). The lowest BCUT2D eigenvalue weighted by molar-refractivity contribution is 0.0932. The molecule has 0 N–H and O–H groups in total. The van der Waals surface area contributed by atoms with Crippen molar-refractivity contribution >= 4 is 37.8 Å². The number of halogens is 2. The molecule has 0 aliphatic carbocycles. The number of aromatic nitrogens is 4. The number of nitrogens with zero attached hydrogens (tertiary/aromatic N) is 4. The Morgan fingerprint density at radius 2 is 2.00 bits per heavy atom. The third-order valence-electron chi connectivity index (χ3n) is 2.49. The van der Waals surface area contributed by atoms with Crippen LogP contribution in [0.2, 0.25) is 0 Å². The number of carbonyl (C=O) groups is 1. The predicted octanol–water partition coefficient (Wildman–Crippen LogP) is 2.45. The highest BCUT2D eigenvalue weighted by Crippen LogP contribution is 2.22. The fourth-order valence-corrected chi connectivity index (χ4v) is 2.34. The molecule has 0 radical (unpaired) electrons. The molecular formula is C10H10Br2N4O. The van der Waals surface area contributed by atoms with Crippen molar-refractivity contribution < 1.29 is 4.79 Å². The molecule has 2 aromatic rings. The summed E-state index contributed by atoms with van der Waals surface area (Å²) < 4.78 is 4.41. The molecule has 0 saturated heterocycles. The van der Waals surface area contributed by atoms with Crippen LogP contribution in [-0.4, -0.2) is 25.5 Å². The summed E-state index contributed by atoms with van der Waals surface area (Å²) in [5.41, 5.74) is 2.04. The van der Waals surface area contributed by atoms with E-state index in [0.29, 0.717) is 10.2 Å². The van der Waals surface area contributed by atoms with Gasteiger partial charge in [-0.25, -0.2) is 0 Å². The summed E-state index contributed by atoms with van der Waals surface area (Å²) in [5.74, 6) is -0.205. The molecule has 0 spiro atoms. The van der Waals surface area contributed by atoms with E-state index < -0.39 is 0 Å². The Balaban J connectivity index is 2.55. The van der Waals surface area contributed by atoms with Crippen LogP contribution in [0.3, 0.4) is 0 Å². The Hall–Kier alpha value is -0.950. The zero-order chi connectivity index (χ0) is 12.7. The third kappa shape index (κ3) is 1.97. The maximum atomic E-state index is 12.3. The highest BCUT2D eigenvalue weighted by atomic mass is 79.9. The van der Waals surface area contributed by atoms with E-state index in [4.69, 9.17) is 0 Å². The molecule has 0 amide bonds. The normalized spacial score (nSPS) is 10.9. The van der Waals surface area contributed by atoms with Gasteiger partial charge in [-0.1, -0.05) is 0 Å². The van der Waals surface area contributed by atoms with E-state index in [1.54, 1.807) is 13.2 Å². The van der Waals surface area contributed by atoms with E-state index in [0.717, 1.165) is 15.9 Å². The third-order valence-corrected chi connectivity index (χ3v) is 4.22. The van der Waals surface area contributed by atoms with Crippen LogP contribution in [0.15, 0.2) is 15.1 Å². The van der Waals surface area contributed by atoms with Gasteiger partial charge in [0, 0.05) is 7.05 Å². The van der Waals surface area contributed by atoms with Crippen molar-refractivity contribution in [2.24, 2.45) is 7.05 Å². The average Bonchev–Trinajstić information content (AvgIpc) is 2.73. The molecule has 7 heteroatoms. The standard InChI is InChI=1S/C10H10Br2N4O/c1-5-8(12)6(2)16(14-5)10(17)9-7(11)4-13-15(9)3/h4H,1-3H3. The molecule has 17 heavy (non-hydrogen) atoms.